The molecule has 0 aromatic carbocycles. The zero-order valence-corrected chi connectivity index (χ0v) is 9.20. The molecule has 0 aliphatic carbocycles. The first kappa shape index (κ1) is 12.9. The number of primary sulfonamides is 1. The second-order valence-corrected chi connectivity index (χ2v) is 7.05. The van der Waals surface area contributed by atoms with Crippen LogP contribution >= 0.6 is 0 Å². The molecule has 0 bridgehead atoms. The van der Waals surface area contributed by atoms with Crippen molar-refractivity contribution in [3.63, 3.8) is 0 Å². The molecule has 0 aromatic heterocycles. The summed E-state index contributed by atoms with van der Waals surface area (Å²) in [6.07, 6.45) is 2.65. The van der Waals surface area contributed by atoms with Gasteiger partial charge in [-0.15, -0.1) is 0 Å². The van der Waals surface area contributed by atoms with Gasteiger partial charge in [0.15, 0.2) is 0 Å². The predicted octanol–water partition coefficient (Wildman–Crippen LogP) is -0.510. The summed E-state index contributed by atoms with van der Waals surface area (Å²) in [4.78, 5) is 0. The number of rotatable bonds is 6. The first-order chi connectivity index (χ1) is 5.71. The molecule has 7 heteroatoms. The minimum Gasteiger partial charge on any atom is -0.229 e. The summed E-state index contributed by atoms with van der Waals surface area (Å²) in [5.74, 6) is 0.0361. The van der Waals surface area contributed by atoms with Gasteiger partial charge in [0, 0.05) is 12.0 Å². The lowest BCUT2D eigenvalue weighted by molar-refractivity contribution is 0.590. The van der Waals surface area contributed by atoms with Crippen molar-refractivity contribution in [2.45, 2.75) is 19.3 Å². The summed E-state index contributed by atoms with van der Waals surface area (Å²) in [7, 11) is -6.31. The van der Waals surface area contributed by atoms with Crippen molar-refractivity contribution in [1.82, 2.24) is 0 Å². The smallest absolute Gasteiger partial charge is 0.209 e. The van der Waals surface area contributed by atoms with Crippen LogP contribution in [0.3, 0.4) is 0 Å². The van der Waals surface area contributed by atoms with E-state index in [2.05, 4.69) is 0 Å². The molecule has 2 N–H and O–H groups in total. The zero-order chi connectivity index (χ0) is 10.5. The van der Waals surface area contributed by atoms with Gasteiger partial charge >= 0.3 is 0 Å². The van der Waals surface area contributed by atoms with Gasteiger partial charge in [0.1, 0.15) is 9.84 Å². The number of unbranched alkanes of at least 4 members (excludes halogenated alkanes) is 2. The molecule has 0 saturated carbocycles. The number of sulfone groups is 1. The van der Waals surface area contributed by atoms with E-state index in [-0.39, 0.29) is 11.5 Å². The van der Waals surface area contributed by atoms with E-state index < -0.39 is 19.9 Å². The monoisotopic (exact) mass is 229 g/mol. The van der Waals surface area contributed by atoms with E-state index in [1.807, 2.05) is 0 Å². The Morgan fingerprint density at radius 1 is 0.923 bits per heavy atom. The van der Waals surface area contributed by atoms with Crippen molar-refractivity contribution in [3.8, 4) is 0 Å². The van der Waals surface area contributed by atoms with E-state index in [0.717, 1.165) is 6.26 Å². The van der Waals surface area contributed by atoms with Crippen molar-refractivity contribution in [2.75, 3.05) is 17.8 Å². The molecule has 0 aliphatic rings. The van der Waals surface area contributed by atoms with Crippen molar-refractivity contribution in [1.29, 1.82) is 0 Å². The Bertz CT molecular complexity index is 296. The minimum absolute atomic E-state index is 0.0727. The SMILES string of the molecule is CS(=O)(=O)CCCCCS(N)(=O)=O. The number of hydrogen-bond acceptors (Lipinski definition) is 4. The lowest BCUT2D eigenvalue weighted by Gasteiger charge is -1.98. The van der Waals surface area contributed by atoms with E-state index in [4.69, 9.17) is 5.14 Å². The number of sulfonamides is 1. The summed E-state index contributed by atoms with van der Waals surface area (Å²) < 4.78 is 42.2. The molecule has 0 spiro atoms. The molecule has 0 saturated heterocycles. The number of hydrogen-bond donors (Lipinski definition) is 1. The Balaban J connectivity index is 3.50. The molecule has 0 amide bonds. The van der Waals surface area contributed by atoms with E-state index in [1.54, 1.807) is 0 Å². The van der Waals surface area contributed by atoms with Gasteiger partial charge < -0.3 is 0 Å². The highest BCUT2D eigenvalue weighted by Crippen LogP contribution is 1.99. The molecule has 0 aliphatic heterocycles. The Labute approximate surface area is 79.3 Å². The average Bonchev–Trinajstić information content (AvgIpc) is 1.81. The maximum Gasteiger partial charge on any atom is 0.209 e. The van der Waals surface area contributed by atoms with Gasteiger partial charge in [-0.05, 0) is 12.8 Å². The van der Waals surface area contributed by atoms with Gasteiger partial charge in [-0.3, -0.25) is 0 Å². The first-order valence-corrected chi connectivity index (χ1v) is 7.66. The van der Waals surface area contributed by atoms with Crippen LogP contribution in [-0.4, -0.2) is 34.6 Å². The highest BCUT2D eigenvalue weighted by molar-refractivity contribution is 7.90. The van der Waals surface area contributed by atoms with Gasteiger partial charge in [-0.25, -0.2) is 22.0 Å². The maximum absolute atomic E-state index is 10.6. The second kappa shape index (κ2) is 4.92. The molecule has 0 atom stereocenters. The lowest BCUT2D eigenvalue weighted by atomic mass is 10.3. The molecule has 0 radical (unpaired) electrons. The summed E-state index contributed by atoms with van der Waals surface area (Å²) in [5.41, 5.74) is 0. The van der Waals surface area contributed by atoms with Crippen molar-refractivity contribution >= 4 is 19.9 Å². The molecular weight excluding hydrogens is 214 g/mol. The van der Waals surface area contributed by atoms with Gasteiger partial charge in [-0.2, -0.15) is 0 Å². The Hall–Kier alpha value is -0.140. The Kier molecular flexibility index (Phi) is 4.87. The van der Waals surface area contributed by atoms with Crippen LogP contribution in [0.5, 0.6) is 0 Å². The largest absolute Gasteiger partial charge is 0.229 e. The van der Waals surface area contributed by atoms with Crippen molar-refractivity contribution < 1.29 is 16.8 Å². The predicted molar refractivity (Wildman–Crippen MR) is 51.5 cm³/mol. The molecule has 0 rings (SSSR count). The molecule has 5 nitrogen and oxygen atoms in total. The summed E-state index contributed by atoms with van der Waals surface area (Å²) in [6.45, 7) is 0. The van der Waals surface area contributed by atoms with Crippen LogP contribution in [0.1, 0.15) is 19.3 Å². The van der Waals surface area contributed by atoms with Crippen LogP contribution in [-0.2, 0) is 19.9 Å². The molecular formula is C6H15NO4S2. The molecule has 80 valence electrons. The highest BCUT2D eigenvalue weighted by atomic mass is 32.2. The van der Waals surface area contributed by atoms with Crippen molar-refractivity contribution in [2.24, 2.45) is 5.14 Å². The fourth-order valence-electron chi connectivity index (χ4n) is 0.844. The van der Waals surface area contributed by atoms with Crippen molar-refractivity contribution in [3.05, 3.63) is 0 Å². The van der Waals surface area contributed by atoms with Crippen LogP contribution in [0.25, 0.3) is 0 Å². The third kappa shape index (κ3) is 11.9. The fourth-order valence-corrected chi connectivity index (χ4v) is 2.18. The summed E-state index contributed by atoms with van der Waals surface area (Å²) in [5, 5.41) is 4.76. The van der Waals surface area contributed by atoms with Crippen LogP contribution < -0.4 is 5.14 Å². The Morgan fingerprint density at radius 2 is 1.38 bits per heavy atom. The van der Waals surface area contributed by atoms with Gasteiger partial charge in [0.2, 0.25) is 10.0 Å². The number of nitrogens with two attached hydrogens (primary N) is 1. The zero-order valence-electron chi connectivity index (χ0n) is 7.56. The van der Waals surface area contributed by atoms with E-state index >= 15 is 0 Å². The maximum atomic E-state index is 10.6. The van der Waals surface area contributed by atoms with Crippen LogP contribution in [0.15, 0.2) is 0 Å². The van der Waals surface area contributed by atoms with Gasteiger partial charge in [0.05, 0.1) is 5.75 Å². The van der Waals surface area contributed by atoms with Crippen LogP contribution in [0.2, 0.25) is 0 Å². The highest BCUT2D eigenvalue weighted by Gasteiger charge is 2.04. The van der Waals surface area contributed by atoms with E-state index in [9.17, 15) is 16.8 Å². The Morgan fingerprint density at radius 3 is 1.77 bits per heavy atom. The van der Waals surface area contributed by atoms with Crippen LogP contribution in [0, 0.1) is 0 Å². The standard InChI is InChI=1S/C6H15NO4S2/c1-12(8,9)5-3-2-4-6-13(7,10)11/h2-6H2,1H3,(H2,7,10,11). The topological polar surface area (TPSA) is 94.3 Å². The van der Waals surface area contributed by atoms with Gasteiger partial charge in [-0.1, -0.05) is 6.42 Å². The third-order valence-electron chi connectivity index (χ3n) is 1.44. The molecule has 0 unspecified atom stereocenters. The summed E-state index contributed by atoms with van der Waals surface area (Å²) in [6, 6.07) is 0. The fraction of sp³-hybridized carbons (Fsp3) is 1.00. The normalized spacial score (nSPS) is 13.1. The second-order valence-electron chi connectivity index (χ2n) is 3.06. The van der Waals surface area contributed by atoms with Crippen LogP contribution in [0.4, 0.5) is 0 Å². The molecule has 0 heterocycles. The molecule has 0 aromatic rings. The quantitative estimate of drug-likeness (QED) is 0.621. The lowest BCUT2D eigenvalue weighted by Crippen LogP contribution is -2.16. The third-order valence-corrected chi connectivity index (χ3v) is 3.33. The summed E-state index contributed by atoms with van der Waals surface area (Å²) >= 11 is 0. The van der Waals surface area contributed by atoms with Gasteiger partial charge in [0.25, 0.3) is 0 Å². The molecule has 0 fully saturated rings. The van der Waals surface area contributed by atoms with E-state index in [0.29, 0.717) is 19.3 Å². The molecule has 13 heavy (non-hydrogen) atoms. The average molecular weight is 229 g/mol. The minimum atomic E-state index is -3.39. The first-order valence-electron chi connectivity index (χ1n) is 3.89. The van der Waals surface area contributed by atoms with E-state index in [1.165, 1.54) is 0 Å².